The highest BCUT2D eigenvalue weighted by atomic mass is 16.6. The van der Waals surface area contributed by atoms with Crippen molar-refractivity contribution in [1.82, 2.24) is 28.9 Å². The van der Waals surface area contributed by atoms with Crippen molar-refractivity contribution in [2.24, 2.45) is 5.92 Å². The maximum absolute atomic E-state index is 12.5. The van der Waals surface area contributed by atoms with Crippen LogP contribution < -0.4 is 10.6 Å². The molecule has 0 unspecified atom stereocenters. The van der Waals surface area contributed by atoms with Gasteiger partial charge in [-0.25, -0.2) is 14.8 Å². The molecule has 1 fully saturated rings. The predicted molar refractivity (Wildman–Crippen MR) is 155 cm³/mol. The third-order valence-electron chi connectivity index (χ3n) is 7.29. The van der Waals surface area contributed by atoms with E-state index in [1.165, 1.54) is 0 Å². The van der Waals surface area contributed by atoms with E-state index in [4.69, 9.17) is 9.72 Å². The average Bonchev–Trinajstić information content (AvgIpc) is 3.51. The molecule has 5 heterocycles. The highest BCUT2D eigenvalue weighted by Crippen LogP contribution is 2.26. The number of hydrogen-bond acceptors (Lipinski definition) is 8. The van der Waals surface area contributed by atoms with E-state index >= 15 is 0 Å². The second-order valence-electron chi connectivity index (χ2n) is 11.9. The summed E-state index contributed by atoms with van der Waals surface area (Å²) in [6.07, 6.45) is 3.38. The van der Waals surface area contributed by atoms with Gasteiger partial charge in [-0.05, 0) is 52.2 Å². The molecule has 0 radical (unpaired) electrons. The van der Waals surface area contributed by atoms with Crippen molar-refractivity contribution in [1.29, 1.82) is 0 Å². The molecule has 40 heavy (non-hydrogen) atoms. The summed E-state index contributed by atoms with van der Waals surface area (Å²) in [6, 6.07) is 8.02. The van der Waals surface area contributed by atoms with Gasteiger partial charge < -0.3 is 25.4 Å². The van der Waals surface area contributed by atoms with Crippen LogP contribution in [0.3, 0.4) is 0 Å². The number of nitrogens with one attached hydrogen (secondary N) is 2. The van der Waals surface area contributed by atoms with Crippen molar-refractivity contribution in [3.8, 4) is 0 Å². The normalized spacial score (nSPS) is 18.1. The Morgan fingerprint density at radius 3 is 2.75 bits per heavy atom. The maximum Gasteiger partial charge on any atom is 0.410 e. The first-order chi connectivity index (χ1) is 19.0. The summed E-state index contributed by atoms with van der Waals surface area (Å²) < 4.78 is 9.45. The minimum absolute atomic E-state index is 0.0243. The highest BCUT2D eigenvalue weighted by molar-refractivity contribution is 5.68. The van der Waals surface area contributed by atoms with Crippen LogP contribution in [0.2, 0.25) is 0 Å². The monoisotopic (exact) mass is 548 g/mol. The molecule has 1 amide bonds. The number of carbonyl (C=O) groups excluding carboxylic acids is 1. The third-order valence-corrected chi connectivity index (χ3v) is 7.29. The van der Waals surface area contributed by atoms with Gasteiger partial charge >= 0.3 is 6.09 Å². The number of ether oxygens (including phenoxy) is 1. The Bertz CT molecular complexity index is 1500. The molecule has 11 heteroatoms. The van der Waals surface area contributed by atoms with E-state index in [9.17, 15) is 9.90 Å². The lowest BCUT2D eigenvalue weighted by Gasteiger charge is -2.36. The van der Waals surface area contributed by atoms with Crippen molar-refractivity contribution in [2.75, 3.05) is 30.3 Å². The second kappa shape index (κ2) is 11.0. The number of anilines is 2. The fourth-order valence-corrected chi connectivity index (χ4v) is 5.13. The summed E-state index contributed by atoms with van der Waals surface area (Å²) in [5.41, 5.74) is 4.36. The fourth-order valence-electron chi connectivity index (χ4n) is 5.13. The molecule has 4 aromatic rings. The number of aliphatic hydroxyl groups is 1. The van der Waals surface area contributed by atoms with Gasteiger partial charge in [0.15, 0.2) is 5.65 Å². The summed E-state index contributed by atoms with van der Waals surface area (Å²) in [6.45, 7) is 13.7. The standard InChI is InChI=1S/C29H40N8O3/c1-18(2)22-16-33-37-26(32-15-21-14-31-25-9-7-8-19(3)36(21)25)12-24(34-27(22)37)30-13-20-10-11-35(17-23(20)38)28(39)40-29(4,5)6/h7-9,12,14,16,18,20,23,32,38H,10-11,13,15,17H2,1-6H3,(H,30,34)/t20-,23+/m1/s1. The van der Waals surface area contributed by atoms with E-state index in [2.05, 4.69) is 52.0 Å². The van der Waals surface area contributed by atoms with Gasteiger partial charge in [0.25, 0.3) is 0 Å². The van der Waals surface area contributed by atoms with Crippen LogP contribution in [0.5, 0.6) is 0 Å². The maximum atomic E-state index is 12.5. The van der Waals surface area contributed by atoms with Crippen LogP contribution in [0.25, 0.3) is 11.3 Å². The summed E-state index contributed by atoms with van der Waals surface area (Å²) in [5, 5.41) is 22.4. The van der Waals surface area contributed by atoms with Crippen LogP contribution in [0.4, 0.5) is 16.4 Å². The van der Waals surface area contributed by atoms with E-state index in [0.29, 0.717) is 31.9 Å². The summed E-state index contributed by atoms with van der Waals surface area (Å²) in [4.78, 5) is 23.5. The molecule has 214 valence electrons. The Balaban J connectivity index is 1.32. The zero-order valence-corrected chi connectivity index (χ0v) is 24.2. The molecule has 1 saturated heterocycles. The Labute approximate surface area is 234 Å². The number of amides is 1. The van der Waals surface area contributed by atoms with Gasteiger partial charge in [-0.3, -0.25) is 4.40 Å². The molecule has 0 spiro atoms. The molecule has 0 saturated carbocycles. The van der Waals surface area contributed by atoms with Gasteiger partial charge in [0, 0.05) is 36.3 Å². The fraction of sp³-hybridized carbons (Fsp3) is 0.517. The molecular formula is C29H40N8O3. The number of hydrogen-bond donors (Lipinski definition) is 3. The SMILES string of the molecule is Cc1cccc2ncc(CNc3cc(NC[C@H]4CCN(C(=O)OC(C)(C)C)C[C@@H]4O)nc4c(C(C)C)cnn34)n12. The van der Waals surface area contributed by atoms with Crippen molar-refractivity contribution in [3.05, 3.63) is 53.6 Å². The topological polar surface area (TPSA) is 121 Å². The number of likely N-dealkylation sites (tertiary alicyclic amines) is 1. The Morgan fingerprint density at radius 2 is 2.02 bits per heavy atom. The quantitative estimate of drug-likeness (QED) is 0.310. The van der Waals surface area contributed by atoms with Gasteiger partial charge in [0.2, 0.25) is 0 Å². The van der Waals surface area contributed by atoms with Gasteiger partial charge in [-0.15, -0.1) is 0 Å². The first-order valence-electron chi connectivity index (χ1n) is 13.9. The van der Waals surface area contributed by atoms with Gasteiger partial charge in [-0.1, -0.05) is 19.9 Å². The second-order valence-corrected chi connectivity index (χ2v) is 11.9. The Morgan fingerprint density at radius 1 is 1.23 bits per heavy atom. The van der Waals surface area contributed by atoms with E-state index in [1.807, 2.05) is 55.9 Å². The number of aryl methyl sites for hydroxylation is 1. The number of carbonyl (C=O) groups is 1. The minimum Gasteiger partial charge on any atom is -0.444 e. The van der Waals surface area contributed by atoms with Gasteiger partial charge in [0.1, 0.15) is 22.9 Å². The number of piperidine rings is 1. The van der Waals surface area contributed by atoms with Crippen LogP contribution >= 0.6 is 0 Å². The first-order valence-corrected chi connectivity index (χ1v) is 13.9. The van der Waals surface area contributed by atoms with Crippen LogP contribution in [-0.2, 0) is 11.3 Å². The lowest BCUT2D eigenvalue weighted by molar-refractivity contribution is -0.0104. The number of nitrogens with zero attached hydrogens (tertiary/aromatic N) is 6. The van der Waals surface area contributed by atoms with Crippen LogP contribution in [-0.4, -0.2) is 71.4 Å². The zero-order chi connectivity index (χ0) is 28.6. The van der Waals surface area contributed by atoms with Gasteiger partial charge in [-0.2, -0.15) is 9.61 Å². The van der Waals surface area contributed by atoms with Crippen molar-refractivity contribution >= 4 is 29.0 Å². The molecule has 2 atom stereocenters. The molecular weight excluding hydrogens is 508 g/mol. The number of pyridine rings is 1. The summed E-state index contributed by atoms with van der Waals surface area (Å²) in [5.74, 6) is 1.74. The van der Waals surface area contributed by atoms with E-state index in [1.54, 1.807) is 4.90 Å². The Kier molecular flexibility index (Phi) is 7.59. The summed E-state index contributed by atoms with van der Waals surface area (Å²) >= 11 is 0. The van der Waals surface area contributed by atoms with Crippen molar-refractivity contribution in [3.63, 3.8) is 0 Å². The smallest absolute Gasteiger partial charge is 0.410 e. The molecule has 4 aromatic heterocycles. The zero-order valence-electron chi connectivity index (χ0n) is 24.2. The van der Waals surface area contributed by atoms with Crippen molar-refractivity contribution < 1.29 is 14.6 Å². The van der Waals surface area contributed by atoms with Gasteiger partial charge in [0.05, 0.1) is 37.3 Å². The van der Waals surface area contributed by atoms with E-state index in [0.717, 1.165) is 34.1 Å². The number of imidazole rings is 1. The number of aliphatic hydroxyl groups excluding tert-OH is 1. The van der Waals surface area contributed by atoms with E-state index in [-0.39, 0.29) is 24.5 Å². The van der Waals surface area contributed by atoms with Crippen LogP contribution in [0, 0.1) is 12.8 Å². The minimum atomic E-state index is -0.658. The largest absolute Gasteiger partial charge is 0.444 e. The van der Waals surface area contributed by atoms with Crippen molar-refractivity contribution in [2.45, 2.75) is 72.1 Å². The molecule has 3 N–H and O–H groups in total. The molecule has 0 aliphatic carbocycles. The number of fused-ring (bicyclic) bond motifs is 2. The molecule has 0 aromatic carbocycles. The number of rotatable bonds is 7. The Hall–Kier alpha value is -3.86. The lowest BCUT2D eigenvalue weighted by Crippen LogP contribution is -2.49. The highest BCUT2D eigenvalue weighted by Gasteiger charge is 2.32. The number of β-amino-alcohol motifs (C(OH)–C–C–N with tert-alkyl or cyclic N) is 1. The lowest BCUT2D eigenvalue weighted by atomic mass is 9.94. The molecule has 0 bridgehead atoms. The third kappa shape index (κ3) is 5.84. The van der Waals surface area contributed by atoms with E-state index < -0.39 is 11.7 Å². The first kappa shape index (κ1) is 27.7. The molecule has 1 aliphatic heterocycles. The molecule has 1 aliphatic rings. The molecule has 5 rings (SSSR count). The van der Waals surface area contributed by atoms with Crippen LogP contribution in [0.15, 0.2) is 36.7 Å². The predicted octanol–water partition coefficient (Wildman–Crippen LogP) is 4.45. The number of aromatic nitrogens is 5. The molecule has 11 nitrogen and oxygen atoms in total. The van der Waals surface area contributed by atoms with Crippen LogP contribution in [0.1, 0.15) is 63.9 Å². The summed E-state index contributed by atoms with van der Waals surface area (Å²) in [7, 11) is 0. The average molecular weight is 549 g/mol.